The molecule has 3 rings (SSSR count). The number of halogens is 3. The lowest BCUT2D eigenvalue weighted by Crippen LogP contribution is -2.54. The maximum Gasteiger partial charge on any atom is 0.573 e. The fraction of sp³-hybridized carbons (Fsp3) is 0.529. The molecule has 1 aromatic carbocycles. The highest BCUT2D eigenvalue weighted by Crippen LogP contribution is 2.45. The molecule has 0 aliphatic carbocycles. The number of hydrogen-bond acceptors (Lipinski definition) is 5. The van der Waals surface area contributed by atoms with Crippen LogP contribution in [0, 0.1) is 11.5 Å². The van der Waals surface area contributed by atoms with Crippen molar-refractivity contribution >= 4 is 5.96 Å². The van der Waals surface area contributed by atoms with Gasteiger partial charge in [0.25, 0.3) is 0 Å². The summed E-state index contributed by atoms with van der Waals surface area (Å²) in [7, 11) is 1.75. The number of guanidine groups is 1. The van der Waals surface area contributed by atoms with E-state index in [0.717, 1.165) is 6.07 Å². The first-order valence-electron chi connectivity index (χ1n) is 8.25. The lowest BCUT2D eigenvalue weighted by atomic mass is 9.85. The van der Waals surface area contributed by atoms with Gasteiger partial charge in [0, 0.05) is 25.7 Å². The molecule has 146 valence electrons. The molecule has 1 aromatic rings. The molecular weight excluding hydrogens is 365 g/mol. The maximum atomic E-state index is 12.6. The number of alkyl halides is 3. The van der Waals surface area contributed by atoms with Gasteiger partial charge in [0.05, 0.1) is 6.04 Å². The van der Waals surface area contributed by atoms with Gasteiger partial charge >= 0.3 is 6.36 Å². The van der Waals surface area contributed by atoms with E-state index in [1.54, 1.807) is 36.9 Å². The molecule has 1 fully saturated rings. The Bertz CT molecular complexity index is 804. The smallest absolute Gasteiger partial charge is 0.485 e. The second kappa shape index (κ2) is 6.49. The van der Waals surface area contributed by atoms with Crippen molar-refractivity contribution in [3.05, 3.63) is 23.8 Å². The number of rotatable bonds is 2. The molecule has 10 heteroatoms. The van der Waals surface area contributed by atoms with Crippen molar-refractivity contribution in [1.29, 1.82) is 5.26 Å². The van der Waals surface area contributed by atoms with E-state index < -0.39 is 29.9 Å². The third-order valence-corrected chi connectivity index (χ3v) is 4.68. The van der Waals surface area contributed by atoms with Gasteiger partial charge in [0.1, 0.15) is 23.2 Å². The quantitative estimate of drug-likeness (QED) is 0.788. The normalized spacial score (nSPS) is 25.8. The van der Waals surface area contributed by atoms with Crippen molar-refractivity contribution in [2.24, 2.45) is 4.99 Å². The van der Waals surface area contributed by atoms with E-state index in [1.807, 2.05) is 0 Å². The van der Waals surface area contributed by atoms with E-state index in [4.69, 9.17) is 10.00 Å². The summed E-state index contributed by atoms with van der Waals surface area (Å²) < 4.78 is 47.6. The van der Waals surface area contributed by atoms with Crippen LogP contribution in [-0.2, 0) is 0 Å². The van der Waals surface area contributed by atoms with Crippen LogP contribution >= 0.6 is 0 Å². The first kappa shape index (κ1) is 19.1. The first-order valence-corrected chi connectivity index (χ1v) is 8.25. The summed E-state index contributed by atoms with van der Waals surface area (Å²) in [4.78, 5) is 7.26. The number of aliphatic hydroxyl groups excluding tert-OH is 1. The number of aliphatic imine (C=N–C) groups is 1. The summed E-state index contributed by atoms with van der Waals surface area (Å²) in [6, 6.07) is 3.00. The zero-order valence-corrected chi connectivity index (χ0v) is 15.0. The van der Waals surface area contributed by atoms with Gasteiger partial charge < -0.3 is 24.4 Å². The van der Waals surface area contributed by atoms with Crippen LogP contribution in [-0.4, -0.2) is 59.1 Å². The Kier molecular flexibility index (Phi) is 4.59. The number of likely N-dealkylation sites (N-methyl/N-ethyl adjacent to an activating group) is 1. The third-order valence-electron chi connectivity index (χ3n) is 4.68. The Balaban J connectivity index is 2.09. The van der Waals surface area contributed by atoms with E-state index in [2.05, 4.69) is 9.73 Å². The molecular formula is C17H19F3N4O3. The molecule has 0 amide bonds. The minimum absolute atomic E-state index is 0.338. The Morgan fingerprint density at radius 3 is 2.70 bits per heavy atom. The molecule has 2 atom stereocenters. The second-order valence-corrected chi connectivity index (χ2v) is 6.97. The zero-order valence-electron chi connectivity index (χ0n) is 15.0. The number of ether oxygens (including phenoxy) is 2. The number of aliphatic hydroxyl groups is 1. The summed E-state index contributed by atoms with van der Waals surface area (Å²) >= 11 is 0. The second-order valence-electron chi connectivity index (χ2n) is 6.97. The molecule has 7 nitrogen and oxygen atoms in total. The lowest BCUT2D eigenvalue weighted by Gasteiger charge is -2.45. The van der Waals surface area contributed by atoms with Crippen molar-refractivity contribution in [2.75, 3.05) is 20.1 Å². The number of nitrogens with zero attached hydrogens (tertiary/aromatic N) is 4. The molecule has 2 aliphatic rings. The molecule has 0 saturated carbocycles. The summed E-state index contributed by atoms with van der Waals surface area (Å²) in [6.45, 7) is 4.38. The van der Waals surface area contributed by atoms with Gasteiger partial charge in [-0.2, -0.15) is 5.26 Å². The molecule has 0 aromatic heterocycles. The summed E-state index contributed by atoms with van der Waals surface area (Å²) in [5.74, 6) is 0.274. The van der Waals surface area contributed by atoms with Crippen molar-refractivity contribution in [2.45, 2.75) is 38.0 Å². The van der Waals surface area contributed by atoms with Gasteiger partial charge in [-0.1, -0.05) is 0 Å². The van der Waals surface area contributed by atoms with Crippen molar-refractivity contribution in [1.82, 2.24) is 9.80 Å². The summed E-state index contributed by atoms with van der Waals surface area (Å²) in [5.41, 5.74) is -0.660. The molecule has 1 N–H and O–H groups in total. The average molecular weight is 384 g/mol. The minimum atomic E-state index is -4.83. The average Bonchev–Trinajstić information content (AvgIpc) is 2.89. The van der Waals surface area contributed by atoms with Crippen LogP contribution in [0.1, 0.15) is 25.5 Å². The fourth-order valence-electron chi connectivity index (χ4n) is 3.41. The van der Waals surface area contributed by atoms with Gasteiger partial charge in [0.15, 0.2) is 0 Å². The van der Waals surface area contributed by atoms with Crippen molar-refractivity contribution in [3.8, 4) is 17.7 Å². The van der Waals surface area contributed by atoms with E-state index >= 15 is 0 Å². The Morgan fingerprint density at radius 1 is 1.37 bits per heavy atom. The van der Waals surface area contributed by atoms with Crippen LogP contribution < -0.4 is 9.47 Å². The van der Waals surface area contributed by atoms with Gasteiger partial charge in [0.2, 0.25) is 12.2 Å². The molecule has 2 unspecified atom stereocenters. The summed E-state index contributed by atoms with van der Waals surface area (Å²) in [6.07, 6.45) is -4.19. The van der Waals surface area contributed by atoms with Gasteiger partial charge in [-0.05, 0) is 32.0 Å². The predicted octanol–water partition coefficient (Wildman–Crippen LogP) is 2.24. The molecule has 27 heavy (non-hydrogen) atoms. The zero-order chi connectivity index (χ0) is 20.0. The molecule has 2 aliphatic heterocycles. The van der Waals surface area contributed by atoms with E-state index in [1.165, 1.54) is 12.1 Å². The van der Waals surface area contributed by atoms with Crippen LogP contribution in [0.2, 0.25) is 0 Å². The molecule has 0 radical (unpaired) electrons. The van der Waals surface area contributed by atoms with Crippen LogP contribution in [0.3, 0.4) is 0 Å². The van der Waals surface area contributed by atoms with Gasteiger partial charge in [-0.3, -0.25) is 0 Å². The largest absolute Gasteiger partial charge is 0.573 e. The predicted molar refractivity (Wildman–Crippen MR) is 89.0 cm³/mol. The fourth-order valence-corrected chi connectivity index (χ4v) is 3.41. The SMILES string of the molecule is CN1CCN(C2c3cc(OC(F)(F)F)ccc3OC(C)(C)C2O)C1=NC#N. The van der Waals surface area contributed by atoms with E-state index in [-0.39, 0.29) is 0 Å². The van der Waals surface area contributed by atoms with Crippen LogP contribution in [0.5, 0.6) is 11.5 Å². The standard InChI is InChI=1S/C17H19F3N4O3/c1-16(2)14(25)13(24-7-6-23(3)15(24)22-9-21)11-8-10(26-17(18,19)20)4-5-12(11)27-16/h4-5,8,13-14,25H,6-7H2,1-3H3. The first-order chi connectivity index (χ1) is 12.5. The molecule has 1 saturated heterocycles. The molecule has 0 spiro atoms. The highest BCUT2D eigenvalue weighted by molar-refractivity contribution is 5.83. The minimum Gasteiger partial charge on any atom is -0.485 e. The Hall–Kier alpha value is -2.67. The number of benzene rings is 1. The van der Waals surface area contributed by atoms with E-state index in [9.17, 15) is 18.3 Å². The van der Waals surface area contributed by atoms with Crippen molar-refractivity contribution in [3.63, 3.8) is 0 Å². The Labute approximate surface area is 154 Å². The molecule has 2 heterocycles. The molecule has 0 bridgehead atoms. The summed E-state index contributed by atoms with van der Waals surface area (Å²) in [5, 5.41) is 19.9. The lowest BCUT2D eigenvalue weighted by molar-refractivity contribution is -0.274. The van der Waals surface area contributed by atoms with Crippen molar-refractivity contribution < 1.29 is 27.8 Å². The van der Waals surface area contributed by atoms with Gasteiger partial charge in [-0.25, -0.2) is 0 Å². The number of fused-ring (bicyclic) bond motifs is 1. The number of hydrogen-bond donors (Lipinski definition) is 1. The third kappa shape index (κ3) is 3.60. The Morgan fingerprint density at radius 2 is 2.07 bits per heavy atom. The highest BCUT2D eigenvalue weighted by Gasteiger charge is 2.48. The van der Waals surface area contributed by atoms with Crippen LogP contribution in [0.15, 0.2) is 23.2 Å². The monoisotopic (exact) mass is 384 g/mol. The highest BCUT2D eigenvalue weighted by atomic mass is 19.4. The topological polar surface area (TPSA) is 81.3 Å². The van der Waals surface area contributed by atoms with Gasteiger partial charge in [-0.15, -0.1) is 18.2 Å². The number of nitriles is 1. The van der Waals surface area contributed by atoms with E-state index in [0.29, 0.717) is 30.4 Å². The van der Waals surface area contributed by atoms with Crippen LogP contribution in [0.25, 0.3) is 0 Å². The van der Waals surface area contributed by atoms with Crippen LogP contribution in [0.4, 0.5) is 13.2 Å². The maximum absolute atomic E-state index is 12.6.